The first-order valence-corrected chi connectivity index (χ1v) is 9.20. The molecule has 0 unspecified atom stereocenters. The Morgan fingerprint density at radius 1 is 1.31 bits per heavy atom. The number of ether oxygens (including phenoxy) is 1. The molecule has 0 atom stereocenters. The molecule has 6 nitrogen and oxygen atoms in total. The van der Waals surface area contributed by atoms with Crippen molar-refractivity contribution in [3.05, 3.63) is 51.6 Å². The van der Waals surface area contributed by atoms with Crippen LogP contribution in [0.3, 0.4) is 0 Å². The average Bonchev–Trinajstić information content (AvgIpc) is 2.96. The van der Waals surface area contributed by atoms with Crippen molar-refractivity contribution in [2.75, 3.05) is 25.1 Å². The Morgan fingerprint density at radius 2 is 2.04 bits per heavy atom. The van der Waals surface area contributed by atoms with E-state index in [9.17, 15) is 9.90 Å². The molecule has 3 rings (SSSR count). The van der Waals surface area contributed by atoms with Gasteiger partial charge in [-0.05, 0) is 29.7 Å². The van der Waals surface area contributed by atoms with E-state index in [0.29, 0.717) is 22.1 Å². The Bertz CT molecular complexity index is 930. The maximum absolute atomic E-state index is 12.6. The van der Waals surface area contributed by atoms with Crippen LogP contribution in [-0.4, -0.2) is 41.2 Å². The third-order valence-electron chi connectivity index (χ3n) is 3.94. The van der Waals surface area contributed by atoms with Crippen LogP contribution in [0, 0.1) is 6.92 Å². The van der Waals surface area contributed by atoms with Crippen molar-refractivity contribution in [1.29, 1.82) is 0 Å². The van der Waals surface area contributed by atoms with Gasteiger partial charge in [0.2, 0.25) is 5.28 Å². The van der Waals surface area contributed by atoms with E-state index in [0.717, 1.165) is 16.5 Å². The highest BCUT2D eigenvalue weighted by atomic mass is 35.5. The van der Waals surface area contributed by atoms with Crippen molar-refractivity contribution in [2.24, 2.45) is 0 Å². The van der Waals surface area contributed by atoms with Gasteiger partial charge in [0.15, 0.2) is 0 Å². The van der Waals surface area contributed by atoms with E-state index < -0.39 is 5.97 Å². The molecule has 0 saturated heterocycles. The number of thiophene rings is 1. The predicted octanol–water partition coefficient (Wildman–Crippen LogP) is 3.44. The first-order valence-electron chi connectivity index (χ1n) is 8.01. The summed E-state index contributed by atoms with van der Waals surface area (Å²) in [6.45, 7) is 2.42. The number of rotatable bonds is 6. The fourth-order valence-corrected chi connectivity index (χ4v) is 3.89. The first-order chi connectivity index (χ1) is 12.5. The number of aliphatic hydroxyl groups excluding tert-OH is 1. The molecule has 0 bridgehead atoms. The van der Waals surface area contributed by atoms with Gasteiger partial charge in [-0.15, -0.1) is 11.3 Å². The summed E-state index contributed by atoms with van der Waals surface area (Å²) in [7, 11) is 1.80. The lowest BCUT2D eigenvalue weighted by Gasteiger charge is -2.18. The van der Waals surface area contributed by atoms with Gasteiger partial charge in [-0.3, -0.25) is 0 Å². The van der Waals surface area contributed by atoms with Crippen molar-refractivity contribution in [3.63, 3.8) is 0 Å². The van der Waals surface area contributed by atoms with Gasteiger partial charge < -0.3 is 14.7 Å². The number of aromatic nitrogens is 2. The maximum atomic E-state index is 12.6. The molecular weight excluding hydrogens is 374 g/mol. The van der Waals surface area contributed by atoms with Crippen LogP contribution >= 0.6 is 22.9 Å². The normalized spacial score (nSPS) is 10.9. The molecule has 2 heterocycles. The van der Waals surface area contributed by atoms with Crippen LogP contribution < -0.4 is 4.90 Å². The highest BCUT2D eigenvalue weighted by Crippen LogP contribution is 2.36. The number of benzene rings is 1. The van der Waals surface area contributed by atoms with Crippen LogP contribution in [0.1, 0.15) is 20.8 Å². The molecule has 0 spiro atoms. The molecular formula is C18H18ClN3O3S. The number of halogens is 1. The van der Waals surface area contributed by atoms with Gasteiger partial charge in [0.05, 0.1) is 12.0 Å². The minimum absolute atomic E-state index is 0.0191. The number of fused-ring (bicyclic) bond motifs is 1. The summed E-state index contributed by atoms with van der Waals surface area (Å²) in [4.78, 5) is 23.9. The molecule has 26 heavy (non-hydrogen) atoms. The van der Waals surface area contributed by atoms with Gasteiger partial charge in [0.25, 0.3) is 0 Å². The van der Waals surface area contributed by atoms with Gasteiger partial charge in [0, 0.05) is 13.6 Å². The molecule has 8 heteroatoms. The van der Waals surface area contributed by atoms with Crippen LogP contribution in [0.2, 0.25) is 5.28 Å². The number of nitrogens with zero attached hydrogens (tertiary/aromatic N) is 3. The van der Waals surface area contributed by atoms with E-state index in [1.165, 1.54) is 11.3 Å². The summed E-state index contributed by atoms with van der Waals surface area (Å²) < 4.78 is 5.44. The van der Waals surface area contributed by atoms with Crippen molar-refractivity contribution in [2.45, 2.75) is 13.5 Å². The van der Waals surface area contributed by atoms with Gasteiger partial charge in [-0.2, -0.15) is 4.98 Å². The van der Waals surface area contributed by atoms with E-state index >= 15 is 0 Å². The summed E-state index contributed by atoms with van der Waals surface area (Å²) in [5.41, 5.74) is 1.67. The molecule has 2 aromatic heterocycles. The minimum Gasteiger partial charge on any atom is -0.457 e. The molecule has 0 fully saturated rings. The quantitative estimate of drug-likeness (QED) is 0.512. The van der Waals surface area contributed by atoms with Gasteiger partial charge >= 0.3 is 5.97 Å². The zero-order valence-corrected chi connectivity index (χ0v) is 16.0. The zero-order chi connectivity index (χ0) is 18.7. The van der Waals surface area contributed by atoms with Gasteiger partial charge in [0.1, 0.15) is 22.1 Å². The largest absolute Gasteiger partial charge is 0.457 e. The van der Waals surface area contributed by atoms with E-state index in [4.69, 9.17) is 16.3 Å². The summed E-state index contributed by atoms with van der Waals surface area (Å²) >= 11 is 7.26. The van der Waals surface area contributed by atoms with Crippen LogP contribution in [0.25, 0.3) is 10.2 Å². The summed E-state index contributed by atoms with van der Waals surface area (Å²) in [6.07, 6.45) is 0. The zero-order valence-electron chi connectivity index (χ0n) is 14.4. The van der Waals surface area contributed by atoms with E-state index in [-0.39, 0.29) is 18.5 Å². The number of hydrogen-bond donors (Lipinski definition) is 1. The standard InChI is InChI=1S/C18H18ClN3O3S/c1-11-13-15(22(2)8-9-23)20-18(19)21-16(13)26-14(11)17(24)25-10-12-6-4-3-5-7-12/h3-7,23H,8-10H2,1-2H3. The SMILES string of the molecule is Cc1c(C(=O)OCc2ccccc2)sc2nc(Cl)nc(N(C)CCO)c12. The van der Waals surface area contributed by atoms with E-state index in [2.05, 4.69) is 9.97 Å². The molecule has 136 valence electrons. The molecule has 1 aromatic carbocycles. The maximum Gasteiger partial charge on any atom is 0.349 e. The van der Waals surface area contributed by atoms with E-state index in [1.54, 1.807) is 11.9 Å². The number of hydrogen-bond acceptors (Lipinski definition) is 7. The number of carbonyl (C=O) groups excluding carboxylic acids is 1. The summed E-state index contributed by atoms with van der Waals surface area (Å²) in [5, 5.41) is 10.0. The highest BCUT2D eigenvalue weighted by molar-refractivity contribution is 7.20. The number of aliphatic hydroxyl groups is 1. The van der Waals surface area contributed by atoms with Crippen molar-refractivity contribution >= 4 is 44.9 Å². The van der Waals surface area contributed by atoms with Crippen LogP contribution in [0.4, 0.5) is 5.82 Å². The Kier molecular flexibility index (Phi) is 5.70. The van der Waals surface area contributed by atoms with Crippen molar-refractivity contribution in [3.8, 4) is 0 Å². The topological polar surface area (TPSA) is 75.5 Å². The molecule has 0 aliphatic carbocycles. The van der Waals surface area contributed by atoms with E-state index in [1.807, 2.05) is 37.3 Å². The third kappa shape index (κ3) is 3.80. The number of carbonyl (C=O) groups is 1. The number of esters is 1. The Hall–Kier alpha value is -2.22. The molecule has 0 radical (unpaired) electrons. The second-order valence-corrected chi connectivity index (χ2v) is 7.10. The highest BCUT2D eigenvalue weighted by Gasteiger charge is 2.22. The summed E-state index contributed by atoms with van der Waals surface area (Å²) in [6, 6.07) is 9.51. The molecule has 3 aromatic rings. The monoisotopic (exact) mass is 391 g/mol. The number of aryl methyl sites for hydroxylation is 1. The lowest BCUT2D eigenvalue weighted by atomic mass is 10.2. The molecule has 1 N–H and O–H groups in total. The smallest absolute Gasteiger partial charge is 0.349 e. The molecule has 0 aliphatic rings. The molecule has 0 saturated carbocycles. The van der Waals surface area contributed by atoms with Gasteiger partial charge in [-0.1, -0.05) is 30.3 Å². The molecule has 0 aliphatic heterocycles. The number of anilines is 1. The fourth-order valence-electron chi connectivity index (χ4n) is 2.61. The Balaban J connectivity index is 1.93. The molecule has 0 amide bonds. The second-order valence-electron chi connectivity index (χ2n) is 5.76. The third-order valence-corrected chi connectivity index (χ3v) is 5.27. The number of likely N-dealkylation sites (N-methyl/N-ethyl adjacent to an activating group) is 1. The lowest BCUT2D eigenvalue weighted by molar-refractivity contribution is 0.0478. The Labute approximate surface area is 160 Å². The summed E-state index contributed by atoms with van der Waals surface area (Å²) in [5.74, 6) is 0.186. The predicted molar refractivity (Wildman–Crippen MR) is 103 cm³/mol. The minimum atomic E-state index is -0.402. The first kappa shape index (κ1) is 18.6. The lowest BCUT2D eigenvalue weighted by Crippen LogP contribution is -2.22. The Morgan fingerprint density at radius 3 is 2.73 bits per heavy atom. The van der Waals surface area contributed by atoms with Crippen molar-refractivity contribution in [1.82, 2.24) is 9.97 Å². The van der Waals surface area contributed by atoms with Crippen molar-refractivity contribution < 1.29 is 14.6 Å². The van der Waals surface area contributed by atoms with Crippen LogP contribution in [0.5, 0.6) is 0 Å². The van der Waals surface area contributed by atoms with Gasteiger partial charge in [-0.25, -0.2) is 9.78 Å². The average molecular weight is 392 g/mol. The van der Waals surface area contributed by atoms with Crippen LogP contribution in [-0.2, 0) is 11.3 Å². The second kappa shape index (κ2) is 7.99. The van der Waals surface area contributed by atoms with Crippen LogP contribution in [0.15, 0.2) is 30.3 Å². The fraction of sp³-hybridized carbons (Fsp3) is 0.278.